The number of aromatic nitrogens is 4. The predicted molar refractivity (Wildman–Crippen MR) is 110 cm³/mol. The van der Waals surface area contributed by atoms with E-state index in [4.69, 9.17) is 9.51 Å². The van der Waals surface area contributed by atoms with Crippen LogP contribution in [0.3, 0.4) is 0 Å². The van der Waals surface area contributed by atoms with Crippen LogP contribution in [-0.4, -0.2) is 20.1 Å². The average molecular weight is 458 g/mol. The van der Waals surface area contributed by atoms with E-state index in [0.717, 1.165) is 49.3 Å². The molecule has 132 valence electrons. The van der Waals surface area contributed by atoms with Gasteiger partial charge in [-0.25, -0.2) is 0 Å². The van der Waals surface area contributed by atoms with E-state index in [2.05, 4.69) is 50.7 Å². The quantitative estimate of drug-likeness (QED) is 0.428. The van der Waals surface area contributed by atoms with Crippen LogP contribution in [0.25, 0.3) is 22.2 Å². The lowest BCUT2D eigenvalue weighted by Crippen LogP contribution is -2.05. The molecule has 0 aliphatic rings. The van der Waals surface area contributed by atoms with Crippen molar-refractivity contribution in [2.24, 2.45) is 0 Å². The van der Waals surface area contributed by atoms with Crippen molar-refractivity contribution >= 4 is 33.6 Å². The highest BCUT2D eigenvalue weighted by atomic mass is 127. The molecule has 6 heteroatoms. The van der Waals surface area contributed by atoms with E-state index >= 15 is 0 Å². The lowest BCUT2D eigenvalue weighted by Gasteiger charge is -2.17. The highest BCUT2D eigenvalue weighted by Crippen LogP contribution is 2.38. The number of nitrogens with zero attached hydrogens (tertiary/aromatic N) is 3. The van der Waals surface area contributed by atoms with Crippen molar-refractivity contribution in [3.8, 4) is 11.1 Å². The van der Waals surface area contributed by atoms with Gasteiger partial charge in [-0.3, -0.25) is 9.97 Å². The molecule has 0 radical (unpaired) electrons. The maximum Gasteiger partial charge on any atom is 0.141 e. The van der Waals surface area contributed by atoms with Crippen molar-refractivity contribution in [2.45, 2.75) is 33.1 Å². The summed E-state index contributed by atoms with van der Waals surface area (Å²) in [6, 6.07) is 6.05. The number of nitrogens with one attached hydrogen (secondary N) is 1. The summed E-state index contributed by atoms with van der Waals surface area (Å²) in [6.07, 6.45) is 6.66. The summed E-state index contributed by atoms with van der Waals surface area (Å²) in [5.74, 6) is 1.07. The molecule has 4 heterocycles. The molecule has 26 heavy (non-hydrogen) atoms. The molecular weight excluding hydrogens is 439 g/mol. The molecule has 0 aromatic carbocycles. The normalized spacial score (nSPS) is 12.6. The van der Waals surface area contributed by atoms with Crippen molar-refractivity contribution in [3.63, 3.8) is 0 Å². The van der Waals surface area contributed by atoms with Crippen LogP contribution in [0.2, 0.25) is 0 Å². The minimum Gasteiger partial charge on any atom is -0.361 e. The van der Waals surface area contributed by atoms with Crippen LogP contribution in [-0.2, 0) is 6.42 Å². The predicted octanol–water partition coefficient (Wildman–Crippen LogP) is 5.18. The minimum atomic E-state index is 0.258. The number of aryl methyl sites for hydroxylation is 2. The number of rotatable bonds is 4. The Balaban J connectivity index is 1.91. The van der Waals surface area contributed by atoms with E-state index < -0.39 is 0 Å². The van der Waals surface area contributed by atoms with Gasteiger partial charge >= 0.3 is 0 Å². The van der Waals surface area contributed by atoms with Crippen molar-refractivity contribution in [1.82, 2.24) is 20.1 Å². The van der Waals surface area contributed by atoms with Gasteiger partial charge in [0.15, 0.2) is 0 Å². The number of halogens is 1. The number of H-pyrrole nitrogens is 1. The molecule has 1 atom stereocenters. The van der Waals surface area contributed by atoms with Crippen LogP contribution in [0.5, 0.6) is 0 Å². The Hall–Kier alpha value is -2.22. The van der Waals surface area contributed by atoms with Crippen molar-refractivity contribution in [1.29, 1.82) is 0 Å². The number of aromatic amines is 1. The molecule has 4 aromatic rings. The van der Waals surface area contributed by atoms with Crippen LogP contribution in [0.15, 0.2) is 41.3 Å². The molecule has 0 spiro atoms. The zero-order valence-electron chi connectivity index (χ0n) is 14.9. The molecule has 0 aliphatic carbocycles. The van der Waals surface area contributed by atoms with Gasteiger partial charge in [-0.15, -0.1) is 0 Å². The van der Waals surface area contributed by atoms with Gasteiger partial charge in [0.2, 0.25) is 0 Å². The molecule has 0 amide bonds. The van der Waals surface area contributed by atoms with Crippen molar-refractivity contribution < 1.29 is 4.52 Å². The number of pyridine rings is 2. The topological polar surface area (TPSA) is 67.6 Å². The summed E-state index contributed by atoms with van der Waals surface area (Å²) >= 11 is 2.32. The third-order valence-corrected chi connectivity index (χ3v) is 5.55. The van der Waals surface area contributed by atoms with Gasteiger partial charge in [-0.1, -0.05) is 18.1 Å². The first-order valence-electron chi connectivity index (χ1n) is 8.55. The Kier molecular flexibility index (Phi) is 4.52. The molecule has 0 fully saturated rings. The smallest absolute Gasteiger partial charge is 0.141 e. The second-order valence-electron chi connectivity index (χ2n) is 6.57. The first-order valence-corrected chi connectivity index (χ1v) is 9.62. The fourth-order valence-electron chi connectivity index (χ4n) is 3.57. The second-order valence-corrected chi connectivity index (χ2v) is 7.73. The van der Waals surface area contributed by atoms with E-state index in [1.54, 1.807) is 0 Å². The van der Waals surface area contributed by atoms with Crippen LogP contribution in [0.1, 0.15) is 35.6 Å². The van der Waals surface area contributed by atoms with E-state index in [9.17, 15) is 0 Å². The van der Waals surface area contributed by atoms with Crippen molar-refractivity contribution in [3.05, 3.63) is 63.1 Å². The second kappa shape index (κ2) is 6.83. The van der Waals surface area contributed by atoms with Gasteiger partial charge in [0, 0.05) is 35.4 Å². The highest BCUT2D eigenvalue weighted by molar-refractivity contribution is 14.1. The fraction of sp³-hybridized carbons (Fsp3) is 0.250. The first kappa shape index (κ1) is 17.2. The lowest BCUT2D eigenvalue weighted by atomic mass is 9.88. The zero-order chi connectivity index (χ0) is 18.3. The van der Waals surface area contributed by atoms with Crippen LogP contribution >= 0.6 is 22.6 Å². The number of hydrogen-bond donors (Lipinski definition) is 1. The molecular formula is C20H19IN4O. The Morgan fingerprint density at radius 3 is 2.77 bits per heavy atom. The summed E-state index contributed by atoms with van der Waals surface area (Å²) in [5, 5.41) is 4.14. The Labute approximate surface area is 165 Å². The molecule has 0 bridgehead atoms. The van der Waals surface area contributed by atoms with Gasteiger partial charge in [0.25, 0.3) is 0 Å². The summed E-state index contributed by atoms with van der Waals surface area (Å²) < 4.78 is 6.54. The SMILES string of the molecule is Cc1noc(C)c1-c1cnc2c(I)c[nH]c2c1C(C)Cc1ccccn1. The Bertz CT molecular complexity index is 1050. The first-order chi connectivity index (χ1) is 12.6. The third kappa shape index (κ3) is 2.92. The maximum absolute atomic E-state index is 5.42. The highest BCUT2D eigenvalue weighted by Gasteiger charge is 2.23. The Morgan fingerprint density at radius 2 is 2.08 bits per heavy atom. The lowest BCUT2D eigenvalue weighted by molar-refractivity contribution is 0.393. The molecule has 1 N–H and O–H groups in total. The largest absolute Gasteiger partial charge is 0.361 e. The average Bonchev–Trinajstić information content (AvgIpc) is 3.17. The van der Waals surface area contributed by atoms with E-state index in [1.165, 1.54) is 5.56 Å². The van der Waals surface area contributed by atoms with E-state index in [-0.39, 0.29) is 5.92 Å². The van der Waals surface area contributed by atoms with E-state index in [1.807, 2.05) is 44.6 Å². The summed E-state index contributed by atoms with van der Waals surface area (Å²) in [5.41, 5.74) is 7.40. The fourth-order valence-corrected chi connectivity index (χ4v) is 4.13. The molecule has 0 saturated heterocycles. The summed E-state index contributed by atoms with van der Waals surface area (Å²) in [7, 11) is 0. The zero-order valence-corrected chi connectivity index (χ0v) is 17.0. The van der Waals surface area contributed by atoms with Gasteiger partial charge < -0.3 is 9.51 Å². The molecule has 0 saturated carbocycles. The van der Waals surface area contributed by atoms with Crippen LogP contribution in [0.4, 0.5) is 0 Å². The number of hydrogen-bond acceptors (Lipinski definition) is 4. The molecule has 1 unspecified atom stereocenters. The molecule has 4 rings (SSSR count). The van der Waals surface area contributed by atoms with Crippen LogP contribution < -0.4 is 0 Å². The van der Waals surface area contributed by atoms with Gasteiger partial charge in [0.05, 0.1) is 14.8 Å². The minimum absolute atomic E-state index is 0.258. The van der Waals surface area contributed by atoms with Crippen LogP contribution in [0, 0.1) is 17.4 Å². The standard InChI is InChI=1S/C20H19IN4O/c1-11(8-14-6-4-5-7-22-14)17-15(18-12(2)25-26-13(18)3)9-23-19-16(21)10-24-20(17)19/h4-7,9-11,24H,8H2,1-3H3. The van der Waals surface area contributed by atoms with Gasteiger partial charge in [-0.2, -0.15) is 0 Å². The summed E-state index contributed by atoms with van der Waals surface area (Å²) in [6.45, 7) is 6.16. The Morgan fingerprint density at radius 1 is 1.23 bits per heavy atom. The van der Waals surface area contributed by atoms with Crippen molar-refractivity contribution in [2.75, 3.05) is 0 Å². The number of fused-ring (bicyclic) bond motifs is 1. The van der Waals surface area contributed by atoms with E-state index in [0.29, 0.717) is 0 Å². The maximum atomic E-state index is 5.42. The molecule has 4 aromatic heterocycles. The summed E-state index contributed by atoms with van der Waals surface area (Å²) in [4.78, 5) is 12.6. The third-order valence-electron chi connectivity index (χ3n) is 4.73. The van der Waals surface area contributed by atoms with Gasteiger partial charge in [0.1, 0.15) is 11.3 Å². The molecule has 5 nitrogen and oxygen atoms in total. The van der Waals surface area contributed by atoms with Gasteiger partial charge in [-0.05, 0) is 66.5 Å². The monoisotopic (exact) mass is 458 g/mol. The molecule has 0 aliphatic heterocycles.